The molecule has 2 aliphatic carbocycles. The smallest absolute Gasteiger partial charge is 0.224 e. The molecule has 0 spiro atoms. The van der Waals surface area contributed by atoms with Gasteiger partial charge in [0, 0.05) is 18.9 Å². The first-order valence-corrected chi connectivity index (χ1v) is 4.49. The minimum atomic E-state index is -0.00898. The van der Waals surface area contributed by atoms with Gasteiger partial charge in [0.1, 0.15) is 5.78 Å². The van der Waals surface area contributed by atoms with Crippen molar-refractivity contribution in [3.05, 3.63) is 0 Å². The molecule has 1 amide bonds. The van der Waals surface area contributed by atoms with E-state index in [0.717, 1.165) is 6.42 Å². The third kappa shape index (κ3) is 1.36. The number of nitrogens with one attached hydrogen (secondary N) is 1. The second-order valence-corrected chi connectivity index (χ2v) is 3.97. The molecule has 0 aromatic rings. The van der Waals surface area contributed by atoms with Crippen LogP contribution in [0.5, 0.6) is 0 Å². The van der Waals surface area contributed by atoms with Gasteiger partial charge in [-0.15, -0.1) is 0 Å². The lowest BCUT2D eigenvalue weighted by molar-refractivity contribution is -0.138. The summed E-state index contributed by atoms with van der Waals surface area (Å²) >= 11 is 0. The molecule has 0 aromatic heterocycles. The Labute approximate surface area is 71.5 Å². The van der Waals surface area contributed by atoms with Gasteiger partial charge in [0.05, 0.1) is 5.92 Å². The van der Waals surface area contributed by atoms with E-state index in [0.29, 0.717) is 24.8 Å². The lowest BCUT2D eigenvalue weighted by Gasteiger charge is -2.22. The SMILES string of the molecule is CC1CC1NC(=O)C1CC(=O)C1. The molecule has 2 rings (SSSR count). The lowest BCUT2D eigenvalue weighted by atomic mass is 9.83. The fourth-order valence-corrected chi connectivity index (χ4v) is 1.50. The summed E-state index contributed by atoms with van der Waals surface area (Å²) in [4.78, 5) is 21.9. The zero-order valence-corrected chi connectivity index (χ0v) is 7.17. The van der Waals surface area contributed by atoms with E-state index in [2.05, 4.69) is 12.2 Å². The van der Waals surface area contributed by atoms with Gasteiger partial charge in [-0.2, -0.15) is 0 Å². The van der Waals surface area contributed by atoms with Crippen molar-refractivity contribution >= 4 is 11.7 Å². The van der Waals surface area contributed by atoms with Crippen molar-refractivity contribution in [1.29, 1.82) is 0 Å². The van der Waals surface area contributed by atoms with Crippen LogP contribution >= 0.6 is 0 Å². The van der Waals surface area contributed by atoms with Crippen molar-refractivity contribution in [3.8, 4) is 0 Å². The minimum Gasteiger partial charge on any atom is -0.353 e. The zero-order valence-electron chi connectivity index (χ0n) is 7.17. The van der Waals surface area contributed by atoms with Gasteiger partial charge in [-0.1, -0.05) is 6.92 Å². The van der Waals surface area contributed by atoms with Crippen molar-refractivity contribution < 1.29 is 9.59 Å². The number of hydrogen-bond donors (Lipinski definition) is 1. The zero-order chi connectivity index (χ0) is 8.72. The van der Waals surface area contributed by atoms with Crippen molar-refractivity contribution in [2.45, 2.75) is 32.2 Å². The number of Topliss-reactive ketones (excluding diaryl/α,β-unsaturated/α-hetero) is 1. The maximum absolute atomic E-state index is 11.3. The molecule has 2 fully saturated rings. The van der Waals surface area contributed by atoms with Gasteiger partial charge in [0.15, 0.2) is 0 Å². The van der Waals surface area contributed by atoms with E-state index in [-0.39, 0.29) is 17.6 Å². The monoisotopic (exact) mass is 167 g/mol. The fraction of sp³-hybridized carbons (Fsp3) is 0.778. The first-order valence-electron chi connectivity index (χ1n) is 4.49. The predicted octanol–water partition coefficient (Wildman–Crippen LogP) is 0.490. The average Bonchev–Trinajstić information content (AvgIpc) is 2.60. The van der Waals surface area contributed by atoms with Gasteiger partial charge in [0.25, 0.3) is 0 Å². The number of carbonyl (C=O) groups excluding carboxylic acids is 2. The van der Waals surface area contributed by atoms with Crippen LogP contribution in [0.25, 0.3) is 0 Å². The summed E-state index contributed by atoms with van der Waals surface area (Å²) in [6, 6.07) is 0.396. The molecule has 2 atom stereocenters. The standard InChI is InChI=1S/C9H13NO2/c1-5-2-8(5)10-9(12)6-3-7(11)4-6/h5-6,8H,2-4H2,1H3,(H,10,12). The molecule has 66 valence electrons. The Morgan fingerprint density at radius 1 is 1.50 bits per heavy atom. The van der Waals surface area contributed by atoms with Crippen molar-refractivity contribution in [2.75, 3.05) is 0 Å². The average molecular weight is 167 g/mol. The Morgan fingerprint density at radius 2 is 2.08 bits per heavy atom. The number of carbonyl (C=O) groups is 2. The maximum Gasteiger partial charge on any atom is 0.224 e. The summed E-state index contributed by atoms with van der Waals surface area (Å²) < 4.78 is 0. The summed E-state index contributed by atoms with van der Waals surface area (Å²) in [6.45, 7) is 2.12. The molecular weight excluding hydrogens is 154 g/mol. The van der Waals surface area contributed by atoms with Gasteiger partial charge in [-0.25, -0.2) is 0 Å². The normalized spacial score (nSPS) is 34.2. The molecule has 1 N–H and O–H groups in total. The summed E-state index contributed by atoms with van der Waals surface area (Å²) in [7, 11) is 0. The maximum atomic E-state index is 11.3. The van der Waals surface area contributed by atoms with Crippen LogP contribution in [0.1, 0.15) is 26.2 Å². The Morgan fingerprint density at radius 3 is 2.50 bits per heavy atom. The van der Waals surface area contributed by atoms with Crippen LogP contribution in [0.4, 0.5) is 0 Å². The number of rotatable bonds is 2. The van der Waals surface area contributed by atoms with Crippen LogP contribution in [-0.4, -0.2) is 17.7 Å². The quantitative estimate of drug-likeness (QED) is 0.650. The van der Waals surface area contributed by atoms with Crippen molar-refractivity contribution in [2.24, 2.45) is 11.8 Å². The van der Waals surface area contributed by atoms with E-state index in [4.69, 9.17) is 0 Å². The van der Waals surface area contributed by atoms with Gasteiger partial charge in [-0.05, 0) is 12.3 Å². The molecular formula is C9H13NO2. The van der Waals surface area contributed by atoms with Crippen molar-refractivity contribution in [1.82, 2.24) is 5.32 Å². The van der Waals surface area contributed by atoms with Gasteiger partial charge in [-0.3, -0.25) is 9.59 Å². The summed E-state index contributed by atoms with van der Waals surface area (Å²) in [5, 5.41) is 2.93. The number of amides is 1. The van der Waals surface area contributed by atoms with E-state index in [1.165, 1.54) is 0 Å². The van der Waals surface area contributed by atoms with Crippen LogP contribution < -0.4 is 5.32 Å². The van der Waals surface area contributed by atoms with Crippen LogP contribution in [0.15, 0.2) is 0 Å². The topological polar surface area (TPSA) is 46.2 Å². The highest BCUT2D eigenvalue weighted by Gasteiger charge is 2.38. The first-order chi connectivity index (χ1) is 5.66. The van der Waals surface area contributed by atoms with E-state index < -0.39 is 0 Å². The van der Waals surface area contributed by atoms with Gasteiger partial charge in [0.2, 0.25) is 5.91 Å². The molecule has 12 heavy (non-hydrogen) atoms. The molecule has 3 nitrogen and oxygen atoms in total. The Kier molecular flexibility index (Phi) is 1.67. The van der Waals surface area contributed by atoms with Crippen LogP contribution in [0.2, 0.25) is 0 Å². The largest absolute Gasteiger partial charge is 0.353 e. The van der Waals surface area contributed by atoms with E-state index in [1.54, 1.807) is 0 Å². The molecule has 2 saturated carbocycles. The third-order valence-electron chi connectivity index (χ3n) is 2.76. The molecule has 0 saturated heterocycles. The first kappa shape index (κ1) is 7.77. The van der Waals surface area contributed by atoms with Gasteiger partial charge < -0.3 is 5.32 Å². The molecule has 0 aromatic carbocycles. The highest BCUT2D eigenvalue weighted by Crippen LogP contribution is 2.31. The second-order valence-electron chi connectivity index (χ2n) is 3.97. The van der Waals surface area contributed by atoms with Crippen LogP contribution in [-0.2, 0) is 9.59 Å². The highest BCUT2D eigenvalue weighted by molar-refractivity contribution is 5.96. The van der Waals surface area contributed by atoms with Crippen molar-refractivity contribution in [3.63, 3.8) is 0 Å². The predicted molar refractivity (Wildman–Crippen MR) is 43.4 cm³/mol. The Hall–Kier alpha value is -0.860. The van der Waals surface area contributed by atoms with Gasteiger partial charge >= 0.3 is 0 Å². The van der Waals surface area contributed by atoms with Crippen LogP contribution in [0, 0.1) is 11.8 Å². The summed E-state index contributed by atoms with van der Waals surface area (Å²) in [5.74, 6) is 0.943. The Bertz CT molecular complexity index is 229. The molecule has 2 aliphatic rings. The third-order valence-corrected chi connectivity index (χ3v) is 2.76. The number of ketones is 1. The second kappa shape index (κ2) is 2.57. The van der Waals surface area contributed by atoms with E-state index >= 15 is 0 Å². The van der Waals surface area contributed by atoms with Crippen LogP contribution in [0.3, 0.4) is 0 Å². The summed E-state index contributed by atoms with van der Waals surface area (Å²) in [5.41, 5.74) is 0. The number of hydrogen-bond acceptors (Lipinski definition) is 2. The molecule has 0 heterocycles. The lowest BCUT2D eigenvalue weighted by Crippen LogP contribution is -2.40. The fourth-order valence-electron chi connectivity index (χ4n) is 1.50. The molecule has 0 aliphatic heterocycles. The molecule has 0 radical (unpaired) electrons. The Balaban J connectivity index is 1.74. The molecule has 3 heteroatoms. The highest BCUT2D eigenvalue weighted by atomic mass is 16.2. The van der Waals surface area contributed by atoms with E-state index in [9.17, 15) is 9.59 Å². The minimum absolute atomic E-state index is 0.00898. The summed E-state index contributed by atoms with van der Waals surface area (Å²) in [6.07, 6.45) is 2.03. The molecule has 0 bridgehead atoms. The molecule has 2 unspecified atom stereocenters. The van der Waals surface area contributed by atoms with E-state index in [1.807, 2.05) is 0 Å².